The maximum absolute atomic E-state index is 13.7. The molecule has 7 heteroatoms. The van der Waals surface area contributed by atoms with Gasteiger partial charge in [0.2, 0.25) is 5.91 Å². The number of amides is 2. The molecule has 1 unspecified atom stereocenters. The lowest BCUT2D eigenvalue weighted by Crippen LogP contribution is -2.63. The lowest BCUT2D eigenvalue weighted by molar-refractivity contribution is -0.133. The van der Waals surface area contributed by atoms with E-state index in [2.05, 4.69) is 24.1 Å². The monoisotopic (exact) mass is 434 g/mol. The van der Waals surface area contributed by atoms with Gasteiger partial charge in [-0.3, -0.25) is 9.59 Å². The molecule has 32 heavy (non-hydrogen) atoms. The van der Waals surface area contributed by atoms with Crippen molar-refractivity contribution < 1.29 is 14.3 Å². The highest BCUT2D eigenvalue weighted by molar-refractivity contribution is 6.01. The number of para-hydroxylation sites is 2. The van der Waals surface area contributed by atoms with Gasteiger partial charge < -0.3 is 19.5 Å². The van der Waals surface area contributed by atoms with E-state index < -0.39 is 5.54 Å². The zero-order chi connectivity index (χ0) is 22.9. The second kappa shape index (κ2) is 8.65. The van der Waals surface area contributed by atoms with Crippen molar-refractivity contribution in [3.8, 4) is 5.75 Å². The molecule has 1 aromatic heterocycles. The molecule has 4 rings (SSSR count). The molecule has 0 aliphatic carbocycles. The number of aromatic nitrogens is 2. The van der Waals surface area contributed by atoms with Crippen molar-refractivity contribution in [1.29, 1.82) is 0 Å². The number of ether oxygens (including phenoxy) is 1. The first-order valence-electron chi connectivity index (χ1n) is 11.0. The van der Waals surface area contributed by atoms with Crippen molar-refractivity contribution in [2.45, 2.75) is 45.8 Å². The van der Waals surface area contributed by atoms with Crippen LogP contribution in [-0.4, -0.2) is 45.5 Å². The zero-order valence-corrected chi connectivity index (χ0v) is 19.1. The molecule has 0 bridgehead atoms. The standard InChI is InChI=1S/C25H30N4O3/c1-17(2)13-14-26-24(31)25(3)16-28-21-8-6-5-7-20(21)27-22(28)23(30)29(25)15-18-9-11-19(32-4)12-10-18/h5-12,17H,13-16H2,1-4H3,(H,26,31). The summed E-state index contributed by atoms with van der Waals surface area (Å²) in [5.74, 6) is 1.20. The first-order chi connectivity index (χ1) is 15.3. The highest BCUT2D eigenvalue weighted by Crippen LogP contribution is 2.32. The fourth-order valence-electron chi connectivity index (χ4n) is 4.16. The molecule has 2 heterocycles. The second-order valence-electron chi connectivity index (χ2n) is 8.96. The van der Waals surface area contributed by atoms with Gasteiger partial charge in [-0.15, -0.1) is 0 Å². The Morgan fingerprint density at radius 1 is 1.19 bits per heavy atom. The lowest BCUT2D eigenvalue weighted by atomic mass is 9.94. The van der Waals surface area contributed by atoms with Crippen molar-refractivity contribution in [3.63, 3.8) is 0 Å². The van der Waals surface area contributed by atoms with Crippen LogP contribution in [0, 0.1) is 5.92 Å². The summed E-state index contributed by atoms with van der Waals surface area (Å²) in [5, 5.41) is 3.06. The van der Waals surface area contributed by atoms with Crippen LogP contribution in [0.3, 0.4) is 0 Å². The van der Waals surface area contributed by atoms with Gasteiger partial charge in [-0.25, -0.2) is 4.98 Å². The number of benzene rings is 2. The highest BCUT2D eigenvalue weighted by Gasteiger charge is 2.48. The third-order valence-electron chi connectivity index (χ3n) is 6.15. The van der Waals surface area contributed by atoms with E-state index in [9.17, 15) is 9.59 Å². The number of hydrogen-bond donors (Lipinski definition) is 1. The molecule has 1 N–H and O–H groups in total. The molecule has 3 aromatic rings. The molecule has 0 spiro atoms. The van der Waals surface area contributed by atoms with Gasteiger partial charge in [-0.1, -0.05) is 38.1 Å². The molecule has 7 nitrogen and oxygen atoms in total. The Bertz CT molecular complexity index is 1140. The van der Waals surface area contributed by atoms with Crippen molar-refractivity contribution in [3.05, 3.63) is 59.9 Å². The van der Waals surface area contributed by atoms with E-state index in [1.807, 2.05) is 60.0 Å². The van der Waals surface area contributed by atoms with Gasteiger partial charge in [0.05, 0.1) is 24.7 Å². The Labute approximate surface area is 188 Å². The Kier molecular flexibility index (Phi) is 5.91. The van der Waals surface area contributed by atoms with Crippen LogP contribution in [0.5, 0.6) is 5.75 Å². The van der Waals surface area contributed by atoms with E-state index in [0.717, 1.165) is 28.8 Å². The second-order valence-corrected chi connectivity index (χ2v) is 8.96. The van der Waals surface area contributed by atoms with Crippen LogP contribution in [0.25, 0.3) is 11.0 Å². The molecule has 2 aromatic carbocycles. The largest absolute Gasteiger partial charge is 0.497 e. The minimum Gasteiger partial charge on any atom is -0.497 e. The third-order valence-corrected chi connectivity index (χ3v) is 6.15. The number of hydrogen-bond acceptors (Lipinski definition) is 4. The molecule has 1 atom stereocenters. The summed E-state index contributed by atoms with van der Waals surface area (Å²) >= 11 is 0. The van der Waals surface area contributed by atoms with Crippen molar-refractivity contribution in [2.24, 2.45) is 5.92 Å². The number of methoxy groups -OCH3 is 1. The summed E-state index contributed by atoms with van der Waals surface area (Å²) in [6.45, 7) is 7.32. The first kappa shape index (κ1) is 21.9. The molecule has 0 radical (unpaired) electrons. The van der Waals surface area contributed by atoms with Crippen LogP contribution in [0.15, 0.2) is 48.5 Å². The third kappa shape index (κ3) is 3.95. The lowest BCUT2D eigenvalue weighted by Gasteiger charge is -2.43. The van der Waals surface area contributed by atoms with E-state index in [-0.39, 0.29) is 11.8 Å². The Balaban J connectivity index is 1.72. The van der Waals surface area contributed by atoms with E-state index >= 15 is 0 Å². The van der Waals surface area contributed by atoms with Crippen LogP contribution in [0.1, 0.15) is 43.4 Å². The minimum absolute atomic E-state index is 0.150. The van der Waals surface area contributed by atoms with Gasteiger partial charge in [0.25, 0.3) is 5.91 Å². The van der Waals surface area contributed by atoms with Crippen molar-refractivity contribution in [2.75, 3.05) is 13.7 Å². The van der Waals surface area contributed by atoms with Crippen LogP contribution in [0.4, 0.5) is 0 Å². The predicted octanol–water partition coefficient (Wildman–Crippen LogP) is 3.62. The fraction of sp³-hybridized carbons (Fsp3) is 0.400. The Morgan fingerprint density at radius 3 is 2.59 bits per heavy atom. The number of imidazole rings is 1. The molecule has 1 aliphatic rings. The Morgan fingerprint density at radius 2 is 1.91 bits per heavy atom. The fourth-order valence-corrected chi connectivity index (χ4v) is 4.16. The molecule has 168 valence electrons. The van der Waals surface area contributed by atoms with Crippen molar-refractivity contribution in [1.82, 2.24) is 19.8 Å². The normalized spacial score (nSPS) is 18.2. The van der Waals surface area contributed by atoms with Gasteiger partial charge in [-0.05, 0) is 49.1 Å². The van der Waals surface area contributed by atoms with Crippen LogP contribution in [-0.2, 0) is 17.9 Å². The minimum atomic E-state index is -1.05. The van der Waals surface area contributed by atoms with Crippen molar-refractivity contribution >= 4 is 22.8 Å². The molecular formula is C25H30N4O3. The molecule has 2 amide bonds. The van der Waals surface area contributed by atoms with E-state index in [0.29, 0.717) is 31.4 Å². The number of nitrogens with one attached hydrogen (secondary N) is 1. The predicted molar refractivity (Wildman–Crippen MR) is 123 cm³/mol. The van der Waals surface area contributed by atoms with E-state index in [4.69, 9.17) is 4.74 Å². The SMILES string of the molecule is COc1ccc(CN2C(=O)c3nc4ccccc4n3CC2(C)C(=O)NCCC(C)C)cc1. The summed E-state index contributed by atoms with van der Waals surface area (Å²) in [6.07, 6.45) is 0.882. The molecule has 0 saturated heterocycles. The molecule has 1 aliphatic heterocycles. The number of fused-ring (bicyclic) bond motifs is 3. The van der Waals surface area contributed by atoms with E-state index in [1.165, 1.54) is 0 Å². The zero-order valence-electron chi connectivity index (χ0n) is 19.1. The number of carbonyl (C=O) groups excluding carboxylic acids is 2. The summed E-state index contributed by atoms with van der Waals surface area (Å²) < 4.78 is 7.12. The quantitative estimate of drug-likeness (QED) is 0.616. The van der Waals surface area contributed by atoms with Gasteiger partial charge in [0, 0.05) is 13.1 Å². The van der Waals surface area contributed by atoms with E-state index in [1.54, 1.807) is 12.0 Å². The van der Waals surface area contributed by atoms with Gasteiger partial charge in [-0.2, -0.15) is 0 Å². The summed E-state index contributed by atoms with van der Waals surface area (Å²) in [6, 6.07) is 15.2. The molecular weight excluding hydrogens is 404 g/mol. The maximum atomic E-state index is 13.7. The Hall–Kier alpha value is -3.35. The number of carbonyl (C=O) groups is 2. The first-order valence-corrected chi connectivity index (χ1v) is 11.0. The average Bonchev–Trinajstić information content (AvgIpc) is 3.15. The van der Waals surface area contributed by atoms with Gasteiger partial charge in [0.1, 0.15) is 11.3 Å². The smallest absolute Gasteiger partial charge is 0.291 e. The van der Waals surface area contributed by atoms with Gasteiger partial charge in [0.15, 0.2) is 5.82 Å². The topological polar surface area (TPSA) is 76.5 Å². The maximum Gasteiger partial charge on any atom is 0.291 e. The molecule has 0 saturated carbocycles. The van der Waals surface area contributed by atoms with Gasteiger partial charge >= 0.3 is 0 Å². The van der Waals surface area contributed by atoms with Crippen LogP contribution >= 0.6 is 0 Å². The average molecular weight is 435 g/mol. The van der Waals surface area contributed by atoms with Crippen LogP contribution in [0.2, 0.25) is 0 Å². The summed E-state index contributed by atoms with van der Waals surface area (Å²) in [5.41, 5.74) is 1.49. The number of rotatable bonds is 7. The summed E-state index contributed by atoms with van der Waals surface area (Å²) in [7, 11) is 1.62. The number of nitrogens with zero attached hydrogens (tertiary/aromatic N) is 3. The highest BCUT2D eigenvalue weighted by atomic mass is 16.5. The molecule has 0 fully saturated rings. The summed E-state index contributed by atoms with van der Waals surface area (Å²) in [4.78, 5) is 33.3. The van der Waals surface area contributed by atoms with Crippen LogP contribution < -0.4 is 10.1 Å².